The molecule has 5 heteroatoms. The van der Waals surface area contributed by atoms with E-state index in [9.17, 15) is 9.90 Å². The third-order valence-electron chi connectivity index (χ3n) is 4.95. The molecular weight excluding hydrogens is 374 g/mol. The molecule has 0 amide bonds. The molecule has 2 unspecified atom stereocenters. The van der Waals surface area contributed by atoms with Gasteiger partial charge in [-0.1, -0.05) is 54.6 Å². The number of carbonyl (C=O) groups is 1. The predicted molar refractivity (Wildman–Crippen MR) is 107 cm³/mol. The molecule has 0 aliphatic heterocycles. The predicted octanol–water partition coefficient (Wildman–Crippen LogP) is 0.111. The fourth-order valence-electron chi connectivity index (χ4n) is 3.39. The normalized spacial score (nSPS) is 12.8. The summed E-state index contributed by atoms with van der Waals surface area (Å²) in [6.07, 6.45) is -0.134. The van der Waals surface area contributed by atoms with Gasteiger partial charge in [0.05, 0.1) is 20.1 Å². The number of fused-ring (bicyclic) bond motifs is 1. The molecule has 28 heavy (non-hydrogen) atoms. The van der Waals surface area contributed by atoms with Crippen molar-refractivity contribution < 1.29 is 32.4 Å². The van der Waals surface area contributed by atoms with Gasteiger partial charge in [-0.3, -0.25) is 4.79 Å². The molecule has 0 saturated carbocycles. The van der Waals surface area contributed by atoms with E-state index in [0.29, 0.717) is 13.0 Å². The van der Waals surface area contributed by atoms with Gasteiger partial charge in [0.15, 0.2) is 5.78 Å². The summed E-state index contributed by atoms with van der Waals surface area (Å²) in [4.78, 5) is 12.8. The summed E-state index contributed by atoms with van der Waals surface area (Å²) in [5.74, 6) is 0.875. The third kappa shape index (κ3) is 4.90. The minimum absolute atomic E-state index is 0. The number of ketones is 1. The molecular formula is C23H26ClNO3. The average molecular weight is 400 g/mol. The van der Waals surface area contributed by atoms with E-state index in [-0.39, 0.29) is 24.2 Å². The first-order valence-corrected chi connectivity index (χ1v) is 9.27. The molecule has 3 aromatic rings. The Labute approximate surface area is 171 Å². The molecule has 3 rings (SSSR count). The Bertz CT molecular complexity index is 914. The number of carbonyl (C=O) groups excluding carboxylic acids is 1. The highest BCUT2D eigenvalue weighted by Gasteiger charge is 2.20. The van der Waals surface area contributed by atoms with E-state index in [2.05, 4.69) is 0 Å². The van der Waals surface area contributed by atoms with E-state index in [1.165, 1.54) is 0 Å². The molecule has 0 spiro atoms. The first kappa shape index (κ1) is 21.9. The maximum absolute atomic E-state index is 12.8. The molecule has 0 aliphatic rings. The number of halogens is 1. The lowest BCUT2D eigenvalue weighted by Gasteiger charge is -2.17. The molecule has 4 nitrogen and oxygen atoms in total. The minimum Gasteiger partial charge on any atom is -1.00 e. The molecule has 3 N–H and O–H groups in total. The maximum atomic E-state index is 12.8. The highest BCUT2D eigenvalue weighted by Crippen LogP contribution is 2.28. The van der Waals surface area contributed by atoms with Gasteiger partial charge in [-0.15, -0.1) is 0 Å². The number of benzene rings is 3. The van der Waals surface area contributed by atoms with E-state index >= 15 is 0 Å². The van der Waals surface area contributed by atoms with Crippen LogP contribution in [-0.2, 0) is 0 Å². The van der Waals surface area contributed by atoms with Crippen molar-refractivity contribution in [2.75, 3.05) is 13.7 Å². The number of rotatable bonds is 8. The SMILES string of the molecule is COc1ccc(C(=O)CC[NH2+]C(C)C(O)c2ccccc2)c2ccccc12.[Cl-]. The number of ether oxygens (including phenoxy) is 1. The standard InChI is InChI=1S/C23H25NO3.ClH/c1-16(23(26)17-8-4-3-5-9-17)24-15-14-21(25)19-12-13-22(27-2)20-11-7-6-10-18(19)20;/h3-13,16,23-24,26H,14-15H2,1-2H3;1H. The van der Waals surface area contributed by atoms with Crippen molar-refractivity contribution in [2.24, 2.45) is 0 Å². The summed E-state index contributed by atoms with van der Waals surface area (Å²) >= 11 is 0. The fraction of sp³-hybridized carbons (Fsp3) is 0.261. The Morgan fingerprint density at radius 1 is 1.00 bits per heavy atom. The Hall–Kier alpha value is -2.40. The van der Waals surface area contributed by atoms with E-state index in [1.807, 2.05) is 79.0 Å². The zero-order valence-electron chi connectivity index (χ0n) is 16.1. The Morgan fingerprint density at radius 2 is 1.64 bits per heavy atom. The first-order chi connectivity index (χ1) is 13.1. The minimum atomic E-state index is -0.553. The fourth-order valence-corrected chi connectivity index (χ4v) is 3.39. The van der Waals surface area contributed by atoms with E-state index in [4.69, 9.17) is 4.74 Å². The number of aliphatic hydroxyl groups excluding tert-OH is 1. The van der Waals surface area contributed by atoms with Crippen LogP contribution in [0.15, 0.2) is 66.7 Å². The van der Waals surface area contributed by atoms with Crippen LogP contribution in [0.5, 0.6) is 5.75 Å². The van der Waals surface area contributed by atoms with Crippen molar-refractivity contribution in [3.8, 4) is 5.75 Å². The van der Waals surface area contributed by atoms with Crippen molar-refractivity contribution >= 4 is 16.6 Å². The topological polar surface area (TPSA) is 63.1 Å². The highest BCUT2D eigenvalue weighted by atomic mass is 35.5. The van der Waals surface area contributed by atoms with E-state index in [1.54, 1.807) is 7.11 Å². The van der Waals surface area contributed by atoms with Crippen LogP contribution < -0.4 is 22.5 Å². The van der Waals surface area contributed by atoms with Crippen LogP contribution >= 0.6 is 0 Å². The molecule has 2 atom stereocenters. The Kier molecular flexibility index (Phi) is 8.00. The first-order valence-electron chi connectivity index (χ1n) is 9.27. The molecule has 0 fully saturated rings. The van der Waals surface area contributed by atoms with Gasteiger partial charge in [0.25, 0.3) is 0 Å². The van der Waals surface area contributed by atoms with Crippen LogP contribution in [0.1, 0.15) is 35.4 Å². The molecule has 148 valence electrons. The lowest BCUT2D eigenvalue weighted by molar-refractivity contribution is -0.693. The van der Waals surface area contributed by atoms with Gasteiger partial charge in [0, 0.05) is 10.9 Å². The molecule has 0 radical (unpaired) electrons. The molecule has 0 saturated heterocycles. The molecule has 0 aliphatic carbocycles. The van der Waals surface area contributed by atoms with Crippen LogP contribution in [-0.4, -0.2) is 30.6 Å². The largest absolute Gasteiger partial charge is 1.00 e. The van der Waals surface area contributed by atoms with Crippen LogP contribution in [0.3, 0.4) is 0 Å². The summed E-state index contributed by atoms with van der Waals surface area (Å²) in [6, 6.07) is 21.1. The Balaban J connectivity index is 0.00000280. The number of hydrogen-bond acceptors (Lipinski definition) is 3. The average Bonchev–Trinajstić information content (AvgIpc) is 2.72. The van der Waals surface area contributed by atoms with Gasteiger partial charge in [-0.05, 0) is 30.0 Å². The number of methoxy groups -OCH3 is 1. The van der Waals surface area contributed by atoms with Crippen molar-refractivity contribution in [3.05, 3.63) is 77.9 Å². The van der Waals surface area contributed by atoms with E-state index in [0.717, 1.165) is 27.6 Å². The second kappa shape index (κ2) is 10.2. The smallest absolute Gasteiger partial charge is 0.169 e. The molecule has 0 bridgehead atoms. The summed E-state index contributed by atoms with van der Waals surface area (Å²) in [5.41, 5.74) is 1.62. The van der Waals surface area contributed by atoms with Crippen LogP contribution in [0.25, 0.3) is 10.8 Å². The van der Waals surface area contributed by atoms with Crippen molar-refractivity contribution in [3.63, 3.8) is 0 Å². The quantitative estimate of drug-likeness (QED) is 0.528. The third-order valence-corrected chi connectivity index (χ3v) is 4.95. The van der Waals surface area contributed by atoms with Crippen LogP contribution in [0.2, 0.25) is 0 Å². The van der Waals surface area contributed by atoms with Crippen molar-refractivity contribution in [1.29, 1.82) is 0 Å². The molecule has 0 aromatic heterocycles. The van der Waals surface area contributed by atoms with Crippen LogP contribution in [0.4, 0.5) is 0 Å². The van der Waals surface area contributed by atoms with Gasteiger partial charge in [0.1, 0.15) is 17.9 Å². The molecule has 3 aromatic carbocycles. The number of hydrogen-bond donors (Lipinski definition) is 2. The number of aliphatic hydroxyl groups is 1. The van der Waals surface area contributed by atoms with Crippen LogP contribution in [0, 0.1) is 0 Å². The van der Waals surface area contributed by atoms with Gasteiger partial charge < -0.3 is 27.6 Å². The second-order valence-corrected chi connectivity index (χ2v) is 6.77. The Morgan fingerprint density at radius 3 is 2.32 bits per heavy atom. The maximum Gasteiger partial charge on any atom is 0.169 e. The van der Waals surface area contributed by atoms with Gasteiger partial charge >= 0.3 is 0 Å². The zero-order chi connectivity index (χ0) is 19.2. The number of quaternary nitrogens is 1. The zero-order valence-corrected chi connectivity index (χ0v) is 16.9. The number of nitrogens with two attached hydrogens (primary N) is 1. The van der Waals surface area contributed by atoms with Gasteiger partial charge in [-0.2, -0.15) is 0 Å². The molecule has 0 heterocycles. The van der Waals surface area contributed by atoms with Crippen molar-refractivity contribution in [1.82, 2.24) is 0 Å². The summed E-state index contributed by atoms with van der Waals surface area (Å²) in [7, 11) is 1.64. The second-order valence-electron chi connectivity index (χ2n) is 6.77. The lowest BCUT2D eigenvalue weighted by atomic mass is 9.99. The van der Waals surface area contributed by atoms with Gasteiger partial charge in [-0.25, -0.2) is 0 Å². The lowest BCUT2D eigenvalue weighted by Crippen LogP contribution is -3.00. The highest BCUT2D eigenvalue weighted by molar-refractivity contribution is 6.09. The monoisotopic (exact) mass is 399 g/mol. The summed E-state index contributed by atoms with van der Waals surface area (Å²) in [5, 5.41) is 14.3. The summed E-state index contributed by atoms with van der Waals surface area (Å²) in [6.45, 7) is 2.61. The number of Topliss-reactive ketones (excluding diaryl/α,β-unsaturated/α-hetero) is 1. The summed E-state index contributed by atoms with van der Waals surface area (Å²) < 4.78 is 5.40. The van der Waals surface area contributed by atoms with E-state index < -0.39 is 6.10 Å². The van der Waals surface area contributed by atoms with Crippen molar-refractivity contribution in [2.45, 2.75) is 25.5 Å². The van der Waals surface area contributed by atoms with Gasteiger partial charge in [0.2, 0.25) is 0 Å².